The molecular weight excluding hydrogens is 861 g/mol. The van der Waals surface area contributed by atoms with Crippen LogP contribution < -0.4 is 0 Å². The first-order chi connectivity index (χ1) is 33.7. The molecule has 6 aromatic carbocycles. The number of hydrogen-bond acceptors (Lipinski definition) is 11. The molecule has 0 amide bonds. The lowest BCUT2D eigenvalue weighted by atomic mass is 9.95. The molecule has 0 aromatic heterocycles. The minimum absolute atomic E-state index is 0.165. The molecule has 0 N–H and O–H groups in total. The van der Waals surface area contributed by atoms with E-state index in [0.29, 0.717) is 6.61 Å². The molecule has 9 rings (SSSR count). The third kappa shape index (κ3) is 12.8. The number of fused-ring (bicyclic) bond motifs is 1. The molecule has 3 saturated heterocycles. The molecule has 11 nitrogen and oxygen atoms in total. The molecule has 0 aliphatic carbocycles. The van der Waals surface area contributed by atoms with Gasteiger partial charge in [-0.1, -0.05) is 188 Å². The molecule has 1 unspecified atom stereocenters. The number of hydrogen-bond donors (Lipinski definition) is 0. The van der Waals surface area contributed by atoms with Gasteiger partial charge < -0.3 is 52.1 Å². The smallest absolute Gasteiger partial charge is 0.187 e. The van der Waals surface area contributed by atoms with Crippen LogP contribution in [0.4, 0.5) is 0 Å². The highest BCUT2D eigenvalue weighted by molar-refractivity contribution is 5.19. The fourth-order valence-electron chi connectivity index (χ4n) is 8.74. The maximum absolute atomic E-state index is 7.32. The SMILES string of the molecule is C=CCO[C@H]1O[C@H](COCc2ccccc2)[C@@H](OCc2ccccc2)[C@H](OCc2ccccc2)[C@@H]1O[C@@H]1O[C@@H]2COC(c3ccccc3)O[C@H]2[C@H](OCc2ccccc2)[C@@H]1OCc1ccccc1. The fraction of sp³-hybridized carbons (Fsp3) is 0.333. The Bertz CT molecular complexity index is 2340. The number of rotatable bonds is 22. The lowest BCUT2D eigenvalue weighted by Crippen LogP contribution is -2.67. The molecule has 0 saturated carbocycles. The maximum atomic E-state index is 7.32. The Morgan fingerprint density at radius 2 is 0.897 bits per heavy atom. The van der Waals surface area contributed by atoms with E-state index in [0.717, 1.165) is 33.4 Å². The molecule has 6 aromatic rings. The van der Waals surface area contributed by atoms with Crippen LogP contribution >= 0.6 is 0 Å². The molecule has 11 atom stereocenters. The number of benzene rings is 6. The van der Waals surface area contributed by atoms with Gasteiger partial charge in [0.1, 0.15) is 48.8 Å². The Balaban J connectivity index is 1.08. The van der Waals surface area contributed by atoms with Gasteiger partial charge in [0.2, 0.25) is 0 Å². The van der Waals surface area contributed by atoms with Gasteiger partial charge in [-0.3, -0.25) is 0 Å². The first-order valence-electron chi connectivity index (χ1n) is 23.4. The van der Waals surface area contributed by atoms with Gasteiger partial charge in [0.15, 0.2) is 18.9 Å². The zero-order chi connectivity index (χ0) is 46.2. The third-order valence-electron chi connectivity index (χ3n) is 12.2. The summed E-state index contributed by atoms with van der Waals surface area (Å²) in [6.45, 7) is 5.94. The van der Waals surface area contributed by atoms with Crippen LogP contribution in [0.1, 0.15) is 39.7 Å². The summed E-state index contributed by atoms with van der Waals surface area (Å²) >= 11 is 0. The van der Waals surface area contributed by atoms with E-state index in [1.807, 2.05) is 182 Å². The zero-order valence-electron chi connectivity index (χ0n) is 38.1. The van der Waals surface area contributed by atoms with E-state index in [2.05, 4.69) is 6.58 Å². The van der Waals surface area contributed by atoms with E-state index in [-0.39, 0.29) is 46.2 Å². The van der Waals surface area contributed by atoms with E-state index in [1.54, 1.807) is 6.08 Å². The van der Waals surface area contributed by atoms with Crippen LogP contribution in [0.5, 0.6) is 0 Å². The summed E-state index contributed by atoms with van der Waals surface area (Å²) in [5.74, 6) is 0. The second-order valence-corrected chi connectivity index (χ2v) is 17.0. The van der Waals surface area contributed by atoms with Crippen molar-refractivity contribution >= 4 is 0 Å². The summed E-state index contributed by atoms with van der Waals surface area (Å²) in [6.07, 6.45) is -6.83. The van der Waals surface area contributed by atoms with Gasteiger partial charge in [-0.2, -0.15) is 0 Å². The minimum atomic E-state index is -1.06. The highest BCUT2D eigenvalue weighted by Crippen LogP contribution is 2.40. The summed E-state index contributed by atoms with van der Waals surface area (Å²) < 4.78 is 75.2. The van der Waals surface area contributed by atoms with Crippen LogP contribution in [0.25, 0.3) is 0 Å². The molecular formula is C57H60O11. The van der Waals surface area contributed by atoms with Gasteiger partial charge in [-0.25, -0.2) is 0 Å². The highest BCUT2D eigenvalue weighted by Gasteiger charge is 2.56. The van der Waals surface area contributed by atoms with Crippen LogP contribution in [0.3, 0.4) is 0 Å². The van der Waals surface area contributed by atoms with E-state index < -0.39 is 67.7 Å². The first kappa shape index (κ1) is 47.7. The van der Waals surface area contributed by atoms with Crippen molar-refractivity contribution in [3.05, 3.63) is 228 Å². The lowest BCUT2D eigenvalue weighted by molar-refractivity contribution is -0.401. The molecule has 3 aliphatic heterocycles. The van der Waals surface area contributed by atoms with Gasteiger partial charge in [-0.15, -0.1) is 6.58 Å². The van der Waals surface area contributed by atoms with Crippen LogP contribution in [-0.2, 0) is 85.1 Å². The van der Waals surface area contributed by atoms with Crippen LogP contribution in [0.2, 0.25) is 0 Å². The van der Waals surface area contributed by atoms with E-state index >= 15 is 0 Å². The molecule has 3 heterocycles. The maximum Gasteiger partial charge on any atom is 0.187 e. The molecule has 3 aliphatic rings. The third-order valence-corrected chi connectivity index (χ3v) is 12.2. The molecule has 354 valence electrons. The van der Waals surface area contributed by atoms with Crippen molar-refractivity contribution in [3.63, 3.8) is 0 Å². The predicted octanol–water partition coefficient (Wildman–Crippen LogP) is 9.70. The van der Waals surface area contributed by atoms with Crippen molar-refractivity contribution in [2.24, 2.45) is 0 Å². The minimum Gasteiger partial charge on any atom is -0.374 e. The molecule has 0 bridgehead atoms. The molecule has 68 heavy (non-hydrogen) atoms. The van der Waals surface area contributed by atoms with Crippen molar-refractivity contribution in [1.29, 1.82) is 0 Å². The van der Waals surface area contributed by atoms with E-state index in [9.17, 15) is 0 Å². The lowest BCUT2D eigenvalue weighted by Gasteiger charge is -2.51. The van der Waals surface area contributed by atoms with Gasteiger partial charge >= 0.3 is 0 Å². The molecule has 0 radical (unpaired) electrons. The second kappa shape index (κ2) is 24.8. The van der Waals surface area contributed by atoms with Crippen LogP contribution in [-0.4, -0.2) is 81.2 Å². The molecule has 3 fully saturated rings. The standard InChI is InChI=1S/C57H60O11/c1-2-33-59-56-54(51(61-36-43-25-13-5-14-26-43)49(60-35-42-23-11-4-12-24-42)47(65-56)39-58-34-41-21-9-3-10-22-41)68-57-53(63-38-45-29-17-7-18-30-45)52(62-37-44-27-15-6-16-28-44)50-48(66-57)40-64-55(67-50)46-31-19-8-20-32-46/h2-32,47-57H,1,33-40H2/t47-,48-,49-,50-,51+,52+,53+,54+,55?,56+,57+/m1/s1. The Kier molecular flexibility index (Phi) is 17.4. The highest BCUT2D eigenvalue weighted by atomic mass is 16.8. The number of ether oxygens (including phenoxy) is 11. The molecule has 0 spiro atoms. The van der Waals surface area contributed by atoms with Gasteiger partial charge in [0.05, 0.1) is 52.9 Å². The van der Waals surface area contributed by atoms with E-state index in [4.69, 9.17) is 52.1 Å². The zero-order valence-corrected chi connectivity index (χ0v) is 38.1. The summed E-state index contributed by atoms with van der Waals surface area (Å²) in [7, 11) is 0. The Hall–Kier alpha value is -5.38. The van der Waals surface area contributed by atoms with Crippen molar-refractivity contribution in [2.75, 3.05) is 19.8 Å². The summed E-state index contributed by atoms with van der Waals surface area (Å²) in [6, 6.07) is 60.0. The first-order valence-corrected chi connectivity index (χ1v) is 23.4. The van der Waals surface area contributed by atoms with Crippen molar-refractivity contribution in [3.8, 4) is 0 Å². The average molecular weight is 921 g/mol. The Morgan fingerprint density at radius 3 is 1.41 bits per heavy atom. The van der Waals surface area contributed by atoms with Crippen LogP contribution in [0, 0.1) is 0 Å². The summed E-state index contributed by atoms with van der Waals surface area (Å²) in [5, 5.41) is 0. The quantitative estimate of drug-likeness (QED) is 0.0609. The second-order valence-electron chi connectivity index (χ2n) is 17.0. The molecule has 11 heteroatoms. The summed E-state index contributed by atoms with van der Waals surface area (Å²) in [5.41, 5.74) is 5.84. The van der Waals surface area contributed by atoms with Crippen LogP contribution in [0.15, 0.2) is 195 Å². The van der Waals surface area contributed by atoms with Crippen molar-refractivity contribution < 1.29 is 52.1 Å². The van der Waals surface area contributed by atoms with Crippen molar-refractivity contribution in [2.45, 2.75) is 101 Å². The van der Waals surface area contributed by atoms with Crippen molar-refractivity contribution in [1.82, 2.24) is 0 Å². The fourth-order valence-corrected chi connectivity index (χ4v) is 8.74. The van der Waals surface area contributed by atoms with Gasteiger partial charge in [0, 0.05) is 5.56 Å². The monoisotopic (exact) mass is 920 g/mol. The Morgan fingerprint density at radius 1 is 0.441 bits per heavy atom. The normalized spacial score (nSPS) is 27.0. The predicted molar refractivity (Wildman–Crippen MR) is 255 cm³/mol. The van der Waals surface area contributed by atoms with E-state index in [1.165, 1.54) is 0 Å². The van der Waals surface area contributed by atoms with Gasteiger partial charge in [-0.05, 0) is 27.8 Å². The largest absolute Gasteiger partial charge is 0.374 e. The van der Waals surface area contributed by atoms with Gasteiger partial charge in [0.25, 0.3) is 0 Å². The summed E-state index contributed by atoms with van der Waals surface area (Å²) in [4.78, 5) is 0. The topological polar surface area (TPSA) is 102 Å². The Labute approximate surface area is 399 Å². The average Bonchev–Trinajstić information content (AvgIpc) is 3.40.